The maximum Gasteiger partial charge on any atom is 0.358 e. The van der Waals surface area contributed by atoms with E-state index in [2.05, 4.69) is 10.3 Å². The van der Waals surface area contributed by atoms with E-state index in [0.717, 1.165) is 0 Å². The molecule has 0 saturated heterocycles. The number of rotatable bonds is 6. The van der Waals surface area contributed by atoms with Crippen LogP contribution in [-0.2, 0) is 9.53 Å². The van der Waals surface area contributed by atoms with Crippen LogP contribution in [-0.4, -0.2) is 24.0 Å². The zero-order valence-electron chi connectivity index (χ0n) is 14.7. The van der Waals surface area contributed by atoms with Gasteiger partial charge in [0.15, 0.2) is 0 Å². The molecule has 136 valence electrons. The standard InChI is InChI=1S/C21H18N2O4/c1-26-17-12-10-16(11-13-17)23-20(24)19(15-7-3-2-4-8-15)27-21(25)18-9-5-6-14-22-18/h2-14,19H,1H3,(H,23,24). The van der Waals surface area contributed by atoms with Crippen LogP contribution in [0.5, 0.6) is 5.75 Å². The van der Waals surface area contributed by atoms with E-state index in [4.69, 9.17) is 9.47 Å². The van der Waals surface area contributed by atoms with Gasteiger partial charge in [-0.05, 0) is 36.4 Å². The highest BCUT2D eigenvalue weighted by Crippen LogP contribution is 2.22. The van der Waals surface area contributed by atoms with Gasteiger partial charge in [0.1, 0.15) is 11.4 Å². The van der Waals surface area contributed by atoms with Crippen molar-refractivity contribution in [3.63, 3.8) is 0 Å². The third-order valence-electron chi connectivity index (χ3n) is 3.80. The number of hydrogen-bond acceptors (Lipinski definition) is 5. The number of nitrogens with zero attached hydrogens (tertiary/aromatic N) is 1. The summed E-state index contributed by atoms with van der Waals surface area (Å²) in [4.78, 5) is 29.1. The highest BCUT2D eigenvalue weighted by Gasteiger charge is 2.26. The fraction of sp³-hybridized carbons (Fsp3) is 0.0952. The van der Waals surface area contributed by atoms with Crippen LogP contribution >= 0.6 is 0 Å². The summed E-state index contributed by atoms with van der Waals surface area (Å²) in [6, 6.07) is 20.6. The minimum absolute atomic E-state index is 0.135. The van der Waals surface area contributed by atoms with Crippen molar-refractivity contribution in [2.45, 2.75) is 6.10 Å². The molecule has 0 spiro atoms. The van der Waals surface area contributed by atoms with Crippen LogP contribution < -0.4 is 10.1 Å². The Labute approximate surface area is 156 Å². The molecule has 1 N–H and O–H groups in total. The van der Waals surface area contributed by atoms with Crippen molar-refractivity contribution < 1.29 is 19.1 Å². The fourth-order valence-corrected chi connectivity index (χ4v) is 2.43. The minimum Gasteiger partial charge on any atom is -0.497 e. The van der Waals surface area contributed by atoms with E-state index >= 15 is 0 Å². The first-order valence-electron chi connectivity index (χ1n) is 8.29. The zero-order chi connectivity index (χ0) is 19.1. The first kappa shape index (κ1) is 18.1. The number of hydrogen-bond donors (Lipinski definition) is 1. The van der Waals surface area contributed by atoms with Crippen molar-refractivity contribution in [2.24, 2.45) is 0 Å². The molecule has 0 aliphatic heterocycles. The van der Waals surface area contributed by atoms with Gasteiger partial charge in [-0.15, -0.1) is 0 Å². The van der Waals surface area contributed by atoms with E-state index < -0.39 is 18.0 Å². The molecule has 3 aromatic rings. The van der Waals surface area contributed by atoms with Gasteiger partial charge >= 0.3 is 5.97 Å². The zero-order valence-corrected chi connectivity index (χ0v) is 14.7. The summed E-state index contributed by atoms with van der Waals surface area (Å²) in [5, 5.41) is 2.76. The number of nitrogens with one attached hydrogen (secondary N) is 1. The van der Waals surface area contributed by atoms with Crippen LogP contribution in [0.4, 0.5) is 5.69 Å². The lowest BCUT2D eigenvalue weighted by Gasteiger charge is -2.18. The monoisotopic (exact) mass is 362 g/mol. The van der Waals surface area contributed by atoms with Crippen molar-refractivity contribution in [1.29, 1.82) is 0 Å². The third kappa shape index (κ3) is 4.70. The molecular formula is C21H18N2O4. The topological polar surface area (TPSA) is 77.5 Å². The van der Waals surface area contributed by atoms with Gasteiger partial charge in [0.25, 0.3) is 5.91 Å². The van der Waals surface area contributed by atoms with Crippen LogP contribution in [0.3, 0.4) is 0 Å². The summed E-state index contributed by atoms with van der Waals surface area (Å²) in [6.45, 7) is 0. The average Bonchev–Trinajstić information content (AvgIpc) is 2.73. The second-order valence-electron chi connectivity index (χ2n) is 5.63. The number of aromatic nitrogens is 1. The molecule has 0 fully saturated rings. The molecule has 0 bridgehead atoms. The number of benzene rings is 2. The quantitative estimate of drug-likeness (QED) is 0.678. The van der Waals surface area contributed by atoms with Crippen molar-refractivity contribution >= 4 is 17.6 Å². The molecule has 6 heteroatoms. The first-order valence-corrected chi connectivity index (χ1v) is 8.29. The molecule has 0 radical (unpaired) electrons. The SMILES string of the molecule is COc1ccc(NC(=O)C(OC(=O)c2ccccn2)c2ccccc2)cc1. The molecule has 27 heavy (non-hydrogen) atoms. The second kappa shape index (κ2) is 8.62. The number of esters is 1. The van der Waals surface area contributed by atoms with Crippen LogP contribution in [0, 0.1) is 0 Å². The third-order valence-corrected chi connectivity index (χ3v) is 3.80. The lowest BCUT2D eigenvalue weighted by Crippen LogP contribution is -2.26. The van der Waals surface area contributed by atoms with Crippen LogP contribution in [0.25, 0.3) is 0 Å². The Kier molecular flexibility index (Phi) is 5.79. The Morgan fingerprint density at radius 1 is 0.926 bits per heavy atom. The Bertz CT molecular complexity index is 896. The van der Waals surface area contributed by atoms with Crippen LogP contribution in [0.1, 0.15) is 22.2 Å². The van der Waals surface area contributed by atoms with E-state index in [1.807, 2.05) is 6.07 Å². The van der Waals surface area contributed by atoms with Crippen molar-refractivity contribution in [2.75, 3.05) is 12.4 Å². The number of methoxy groups -OCH3 is 1. The molecule has 6 nitrogen and oxygen atoms in total. The molecule has 1 aromatic heterocycles. The predicted molar refractivity (Wildman–Crippen MR) is 100 cm³/mol. The number of amides is 1. The minimum atomic E-state index is -1.11. The first-order chi connectivity index (χ1) is 13.2. The summed E-state index contributed by atoms with van der Waals surface area (Å²) in [5.74, 6) is -0.459. The molecule has 1 unspecified atom stereocenters. The van der Waals surface area contributed by atoms with Gasteiger partial charge in [-0.1, -0.05) is 36.4 Å². The van der Waals surface area contributed by atoms with E-state index in [1.165, 1.54) is 12.3 Å². The van der Waals surface area contributed by atoms with Crippen molar-refractivity contribution in [1.82, 2.24) is 4.98 Å². The molecule has 0 saturated carbocycles. The smallest absolute Gasteiger partial charge is 0.358 e. The van der Waals surface area contributed by atoms with Gasteiger partial charge in [0, 0.05) is 17.4 Å². The molecule has 0 aliphatic carbocycles. The summed E-state index contributed by atoms with van der Waals surface area (Å²) in [6.07, 6.45) is 0.383. The van der Waals surface area contributed by atoms with Crippen molar-refractivity contribution in [3.05, 3.63) is 90.3 Å². The van der Waals surface area contributed by atoms with E-state index in [0.29, 0.717) is 17.0 Å². The number of anilines is 1. The molecule has 0 aliphatic rings. The highest BCUT2D eigenvalue weighted by molar-refractivity contribution is 5.97. The summed E-state index contributed by atoms with van der Waals surface area (Å²) in [7, 11) is 1.57. The maximum atomic E-state index is 12.8. The molecule has 2 aromatic carbocycles. The molecule has 1 heterocycles. The van der Waals surface area contributed by atoms with Gasteiger partial charge in [-0.2, -0.15) is 0 Å². The van der Waals surface area contributed by atoms with Gasteiger partial charge in [0.05, 0.1) is 7.11 Å². The van der Waals surface area contributed by atoms with Crippen molar-refractivity contribution in [3.8, 4) is 5.75 Å². The average molecular weight is 362 g/mol. The van der Waals surface area contributed by atoms with Gasteiger partial charge in [0.2, 0.25) is 6.10 Å². The summed E-state index contributed by atoms with van der Waals surface area (Å²) < 4.78 is 10.6. The van der Waals surface area contributed by atoms with E-state index in [1.54, 1.807) is 67.8 Å². The molecular weight excluding hydrogens is 344 g/mol. The molecule has 3 rings (SSSR count). The Balaban J connectivity index is 1.81. The van der Waals surface area contributed by atoms with E-state index in [-0.39, 0.29) is 5.69 Å². The highest BCUT2D eigenvalue weighted by atomic mass is 16.5. The predicted octanol–water partition coefficient (Wildman–Crippen LogP) is 3.63. The number of carbonyl (C=O) groups is 2. The number of carbonyl (C=O) groups excluding carboxylic acids is 2. The lowest BCUT2D eigenvalue weighted by molar-refractivity contribution is -0.125. The van der Waals surface area contributed by atoms with Crippen LogP contribution in [0.2, 0.25) is 0 Å². The summed E-state index contributed by atoms with van der Waals surface area (Å²) >= 11 is 0. The largest absolute Gasteiger partial charge is 0.497 e. The van der Waals surface area contributed by atoms with Gasteiger partial charge in [-0.25, -0.2) is 9.78 Å². The Hall–Kier alpha value is -3.67. The van der Waals surface area contributed by atoms with E-state index in [9.17, 15) is 9.59 Å². The molecule has 1 atom stereocenters. The fourth-order valence-electron chi connectivity index (χ4n) is 2.43. The van der Waals surface area contributed by atoms with Gasteiger partial charge < -0.3 is 14.8 Å². The Morgan fingerprint density at radius 3 is 2.26 bits per heavy atom. The summed E-state index contributed by atoms with van der Waals surface area (Å²) in [5.41, 5.74) is 1.26. The maximum absolute atomic E-state index is 12.8. The normalized spacial score (nSPS) is 11.3. The number of pyridine rings is 1. The second-order valence-corrected chi connectivity index (χ2v) is 5.63. The number of ether oxygens (including phenoxy) is 2. The lowest BCUT2D eigenvalue weighted by atomic mass is 10.1. The Morgan fingerprint density at radius 2 is 1.63 bits per heavy atom. The molecule has 1 amide bonds. The van der Waals surface area contributed by atoms with Crippen LogP contribution in [0.15, 0.2) is 79.0 Å². The van der Waals surface area contributed by atoms with Gasteiger partial charge in [-0.3, -0.25) is 4.79 Å².